The van der Waals surface area contributed by atoms with Gasteiger partial charge in [0.15, 0.2) is 0 Å². The highest BCUT2D eigenvalue weighted by Crippen LogP contribution is 2.12. The van der Waals surface area contributed by atoms with Gasteiger partial charge in [-0.2, -0.15) is 0 Å². The molecule has 1 saturated heterocycles. The second-order valence-corrected chi connectivity index (χ2v) is 4.69. The Morgan fingerprint density at radius 2 is 2.22 bits per heavy atom. The van der Waals surface area contributed by atoms with Crippen molar-refractivity contribution in [2.75, 3.05) is 26.2 Å². The molecule has 2 unspecified atom stereocenters. The summed E-state index contributed by atoms with van der Waals surface area (Å²) in [7, 11) is 0. The minimum Gasteiger partial charge on any atom is -0.480 e. The number of ether oxygens (including phenoxy) is 1. The number of carboxylic acids is 1. The average molecular weight is 258 g/mol. The zero-order valence-electron chi connectivity index (χ0n) is 11.3. The van der Waals surface area contributed by atoms with E-state index in [4.69, 9.17) is 9.84 Å². The Bertz CT molecular complexity index is 308. The summed E-state index contributed by atoms with van der Waals surface area (Å²) in [6, 6.07) is -0.284. The molecule has 6 heteroatoms. The van der Waals surface area contributed by atoms with Crippen LogP contribution >= 0.6 is 0 Å². The Morgan fingerprint density at radius 1 is 1.56 bits per heavy atom. The highest BCUT2D eigenvalue weighted by atomic mass is 16.5. The maximum atomic E-state index is 12.3. The van der Waals surface area contributed by atoms with Crippen molar-refractivity contribution in [1.29, 1.82) is 0 Å². The zero-order chi connectivity index (χ0) is 13.7. The molecule has 0 aliphatic carbocycles. The molecule has 0 saturated carbocycles. The zero-order valence-corrected chi connectivity index (χ0v) is 11.3. The summed E-state index contributed by atoms with van der Waals surface area (Å²) in [6.45, 7) is 7.01. The summed E-state index contributed by atoms with van der Waals surface area (Å²) in [5.41, 5.74) is 0. The van der Waals surface area contributed by atoms with E-state index in [0.717, 1.165) is 6.42 Å². The maximum Gasteiger partial charge on any atom is 0.323 e. The van der Waals surface area contributed by atoms with E-state index < -0.39 is 5.97 Å². The molecule has 1 heterocycles. The Labute approximate surface area is 107 Å². The van der Waals surface area contributed by atoms with Gasteiger partial charge >= 0.3 is 12.0 Å². The standard InChI is InChI=1S/C12H22N2O4/c1-4-9(2)14(8-11(15)16)12(17)13-5-6-18-10(3)7-13/h9-10H,4-8H2,1-3H3,(H,15,16). The van der Waals surface area contributed by atoms with Gasteiger partial charge in [-0.05, 0) is 20.3 Å². The summed E-state index contributed by atoms with van der Waals surface area (Å²) in [5, 5.41) is 8.89. The van der Waals surface area contributed by atoms with E-state index in [1.54, 1.807) is 4.90 Å². The SMILES string of the molecule is CCC(C)N(CC(=O)O)C(=O)N1CCOC(C)C1. The Balaban J connectivity index is 2.71. The third-order valence-corrected chi connectivity index (χ3v) is 3.19. The molecule has 6 nitrogen and oxygen atoms in total. The van der Waals surface area contributed by atoms with Crippen LogP contribution in [0.15, 0.2) is 0 Å². The molecule has 1 aliphatic heterocycles. The number of aliphatic carboxylic acids is 1. The fourth-order valence-electron chi connectivity index (χ4n) is 1.95. The molecule has 1 rings (SSSR count). The van der Waals surface area contributed by atoms with Crippen LogP contribution in [0.25, 0.3) is 0 Å². The number of morpholine rings is 1. The number of carboxylic acid groups (broad SMARTS) is 1. The van der Waals surface area contributed by atoms with Crippen LogP contribution in [-0.2, 0) is 9.53 Å². The number of rotatable bonds is 4. The van der Waals surface area contributed by atoms with Gasteiger partial charge in [0.05, 0.1) is 12.7 Å². The Morgan fingerprint density at radius 3 is 2.72 bits per heavy atom. The molecule has 2 amide bonds. The lowest BCUT2D eigenvalue weighted by Crippen LogP contribution is -2.53. The van der Waals surface area contributed by atoms with Crippen LogP contribution in [0.5, 0.6) is 0 Å². The molecule has 2 atom stereocenters. The lowest BCUT2D eigenvalue weighted by atomic mass is 10.2. The van der Waals surface area contributed by atoms with Crippen molar-refractivity contribution < 1.29 is 19.4 Å². The van der Waals surface area contributed by atoms with Crippen LogP contribution in [0.4, 0.5) is 4.79 Å². The summed E-state index contributed by atoms with van der Waals surface area (Å²) in [4.78, 5) is 26.2. The van der Waals surface area contributed by atoms with Gasteiger partial charge in [0, 0.05) is 19.1 Å². The van der Waals surface area contributed by atoms with Gasteiger partial charge in [-0.3, -0.25) is 4.79 Å². The fourth-order valence-corrected chi connectivity index (χ4v) is 1.95. The predicted octanol–water partition coefficient (Wildman–Crippen LogP) is 1.01. The number of nitrogens with zero attached hydrogens (tertiary/aromatic N) is 2. The van der Waals surface area contributed by atoms with Crippen LogP contribution in [0.2, 0.25) is 0 Å². The largest absolute Gasteiger partial charge is 0.480 e. The monoisotopic (exact) mass is 258 g/mol. The van der Waals surface area contributed by atoms with Gasteiger partial charge in [-0.15, -0.1) is 0 Å². The van der Waals surface area contributed by atoms with Crippen molar-refractivity contribution in [3.63, 3.8) is 0 Å². The second-order valence-electron chi connectivity index (χ2n) is 4.69. The van der Waals surface area contributed by atoms with Crippen LogP contribution in [0, 0.1) is 0 Å². The number of carbonyl (C=O) groups is 2. The van der Waals surface area contributed by atoms with Gasteiger partial charge in [0.2, 0.25) is 0 Å². The van der Waals surface area contributed by atoms with Gasteiger partial charge in [0.25, 0.3) is 0 Å². The number of amides is 2. The minimum absolute atomic E-state index is 0.00584. The van der Waals surface area contributed by atoms with Gasteiger partial charge in [-0.25, -0.2) is 4.79 Å². The highest BCUT2D eigenvalue weighted by Gasteiger charge is 2.29. The van der Waals surface area contributed by atoms with Gasteiger partial charge in [-0.1, -0.05) is 6.92 Å². The second kappa shape index (κ2) is 6.58. The number of urea groups is 1. The lowest BCUT2D eigenvalue weighted by molar-refractivity contribution is -0.138. The molecule has 0 aromatic rings. The van der Waals surface area contributed by atoms with Crippen LogP contribution in [0.1, 0.15) is 27.2 Å². The average Bonchev–Trinajstić information content (AvgIpc) is 2.34. The smallest absolute Gasteiger partial charge is 0.323 e. The molecule has 0 bridgehead atoms. The first kappa shape index (κ1) is 14.8. The maximum absolute atomic E-state index is 12.3. The van der Waals surface area contributed by atoms with Crippen LogP contribution in [-0.4, -0.2) is 65.3 Å². The van der Waals surface area contributed by atoms with E-state index in [9.17, 15) is 9.59 Å². The van der Waals surface area contributed by atoms with Crippen LogP contribution < -0.4 is 0 Å². The normalized spacial score (nSPS) is 21.5. The summed E-state index contributed by atoms with van der Waals surface area (Å²) >= 11 is 0. The number of hydrogen-bond acceptors (Lipinski definition) is 3. The van der Waals surface area contributed by atoms with Crippen LogP contribution in [0.3, 0.4) is 0 Å². The minimum atomic E-state index is -0.982. The Kier molecular flexibility index (Phi) is 5.40. The molecule has 0 radical (unpaired) electrons. The Hall–Kier alpha value is -1.30. The first-order chi connectivity index (χ1) is 8.45. The van der Waals surface area contributed by atoms with Crippen molar-refractivity contribution in [3.8, 4) is 0 Å². The number of hydrogen-bond donors (Lipinski definition) is 1. The van der Waals surface area contributed by atoms with Gasteiger partial charge in [0.1, 0.15) is 6.54 Å². The van der Waals surface area contributed by atoms with Crippen molar-refractivity contribution in [3.05, 3.63) is 0 Å². The topological polar surface area (TPSA) is 70.1 Å². The molecule has 0 aromatic heterocycles. The van der Waals surface area contributed by atoms with E-state index in [2.05, 4.69) is 0 Å². The van der Waals surface area contributed by atoms with E-state index >= 15 is 0 Å². The highest BCUT2D eigenvalue weighted by molar-refractivity contribution is 5.80. The molecular formula is C12H22N2O4. The first-order valence-electron chi connectivity index (χ1n) is 6.34. The molecule has 1 N–H and O–H groups in total. The van der Waals surface area contributed by atoms with E-state index in [1.807, 2.05) is 20.8 Å². The van der Waals surface area contributed by atoms with Crippen molar-refractivity contribution in [2.45, 2.75) is 39.3 Å². The van der Waals surface area contributed by atoms with E-state index in [0.29, 0.717) is 19.7 Å². The summed E-state index contributed by atoms with van der Waals surface area (Å²) in [6.07, 6.45) is 0.741. The third-order valence-electron chi connectivity index (χ3n) is 3.19. The van der Waals surface area contributed by atoms with Gasteiger partial charge < -0.3 is 19.6 Å². The van der Waals surface area contributed by atoms with E-state index in [-0.39, 0.29) is 24.7 Å². The molecule has 104 valence electrons. The third kappa shape index (κ3) is 3.87. The van der Waals surface area contributed by atoms with Crippen molar-refractivity contribution in [2.24, 2.45) is 0 Å². The quantitative estimate of drug-likeness (QED) is 0.817. The molecule has 0 aromatic carbocycles. The van der Waals surface area contributed by atoms with Crippen molar-refractivity contribution in [1.82, 2.24) is 9.80 Å². The fraction of sp³-hybridized carbons (Fsp3) is 0.833. The molecule has 0 spiro atoms. The molecular weight excluding hydrogens is 236 g/mol. The molecule has 1 aliphatic rings. The number of carbonyl (C=O) groups excluding carboxylic acids is 1. The summed E-state index contributed by atoms with van der Waals surface area (Å²) in [5.74, 6) is -0.982. The van der Waals surface area contributed by atoms with Crippen molar-refractivity contribution >= 4 is 12.0 Å². The molecule has 18 heavy (non-hydrogen) atoms. The summed E-state index contributed by atoms with van der Waals surface area (Å²) < 4.78 is 5.38. The lowest BCUT2D eigenvalue weighted by Gasteiger charge is -2.37. The van der Waals surface area contributed by atoms with E-state index in [1.165, 1.54) is 4.90 Å². The molecule has 1 fully saturated rings. The first-order valence-corrected chi connectivity index (χ1v) is 6.34. The predicted molar refractivity (Wildman–Crippen MR) is 66.5 cm³/mol.